The molecule has 2 aliphatic heterocycles. The highest BCUT2D eigenvalue weighted by Gasteiger charge is 2.27. The Balaban J connectivity index is 1.76. The van der Waals surface area contributed by atoms with Gasteiger partial charge in [-0.2, -0.15) is 0 Å². The molecule has 0 aliphatic carbocycles. The molecule has 2 saturated heterocycles. The standard InChI is InChI=1S/C12H25N3O2S/c1-14-7-5-12(10-14)13-8-11-4-3-6-15(9-11)18(2,16)17/h11-13H,3-10H2,1-2H3. The summed E-state index contributed by atoms with van der Waals surface area (Å²) < 4.78 is 24.7. The molecular weight excluding hydrogens is 250 g/mol. The topological polar surface area (TPSA) is 52.6 Å². The van der Waals surface area contributed by atoms with Crippen molar-refractivity contribution in [1.82, 2.24) is 14.5 Å². The van der Waals surface area contributed by atoms with Gasteiger partial charge in [0.05, 0.1) is 6.26 Å². The van der Waals surface area contributed by atoms with Crippen LogP contribution < -0.4 is 5.32 Å². The van der Waals surface area contributed by atoms with Crippen molar-refractivity contribution in [1.29, 1.82) is 0 Å². The number of hydrogen-bond acceptors (Lipinski definition) is 4. The van der Waals surface area contributed by atoms with Crippen molar-refractivity contribution < 1.29 is 8.42 Å². The predicted octanol–water partition coefficient (Wildman–Crippen LogP) is -0.0483. The second-order valence-corrected chi connectivity index (χ2v) is 7.77. The molecule has 0 amide bonds. The minimum absolute atomic E-state index is 0.472. The minimum atomic E-state index is -3.01. The van der Waals surface area contributed by atoms with E-state index in [1.54, 1.807) is 4.31 Å². The van der Waals surface area contributed by atoms with Gasteiger partial charge in [-0.1, -0.05) is 0 Å². The Morgan fingerprint density at radius 2 is 2.00 bits per heavy atom. The first kappa shape index (κ1) is 14.2. The van der Waals surface area contributed by atoms with Crippen LogP contribution in [0, 0.1) is 5.92 Å². The van der Waals surface area contributed by atoms with Crippen LogP contribution in [0.3, 0.4) is 0 Å². The first-order valence-electron chi connectivity index (χ1n) is 6.82. The zero-order valence-corrected chi connectivity index (χ0v) is 12.2. The Bertz CT molecular complexity index is 372. The second-order valence-electron chi connectivity index (χ2n) is 5.79. The van der Waals surface area contributed by atoms with Gasteiger partial charge < -0.3 is 10.2 Å². The maximum Gasteiger partial charge on any atom is 0.211 e. The highest BCUT2D eigenvalue weighted by atomic mass is 32.2. The maximum absolute atomic E-state index is 11.5. The van der Waals surface area contributed by atoms with E-state index in [0.29, 0.717) is 25.0 Å². The summed E-state index contributed by atoms with van der Waals surface area (Å²) in [7, 11) is -0.861. The van der Waals surface area contributed by atoms with E-state index in [-0.39, 0.29) is 0 Å². The fourth-order valence-electron chi connectivity index (χ4n) is 2.93. The van der Waals surface area contributed by atoms with E-state index in [4.69, 9.17) is 0 Å². The molecule has 18 heavy (non-hydrogen) atoms. The predicted molar refractivity (Wildman–Crippen MR) is 73.0 cm³/mol. The van der Waals surface area contributed by atoms with Crippen LogP contribution >= 0.6 is 0 Å². The molecule has 106 valence electrons. The second kappa shape index (κ2) is 5.86. The van der Waals surface area contributed by atoms with Crippen molar-refractivity contribution >= 4 is 10.0 Å². The van der Waals surface area contributed by atoms with Crippen molar-refractivity contribution in [2.45, 2.75) is 25.3 Å². The SMILES string of the molecule is CN1CCC(NCC2CCCN(S(C)(=O)=O)C2)C1. The van der Waals surface area contributed by atoms with Gasteiger partial charge in [0, 0.05) is 25.7 Å². The van der Waals surface area contributed by atoms with E-state index in [0.717, 1.165) is 32.5 Å². The third-order valence-corrected chi connectivity index (χ3v) is 5.31. The van der Waals surface area contributed by atoms with E-state index in [9.17, 15) is 8.42 Å². The number of sulfonamides is 1. The number of hydrogen-bond donors (Lipinski definition) is 1. The Hall–Kier alpha value is -0.170. The molecule has 1 N–H and O–H groups in total. The first-order chi connectivity index (χ1) is 8.45. The third kappa shape index (κ3) is 3.91. The molecule has 0 radical (unpaired) electrons. The number of likely N-dealkylation sites (N-methyl/N-ethyl adjacent to an activating group) is 1. The zero-order chi connectivity index (χ0) is 13.2. The maximum atomic E-state index is 11.5. The molecule has 0 aromatic rings. The quantitative estimate of drug-likeness (QED) is 0.782. The van der Waals surface area contributed by atoms with Crippen molar-refractivity contribution in [2.24, 2.45) is 5.92 Å². The van der Waals surface area contributed by atoms with Gasteiger partial charge in [-0.3, -0.25) is 0 Å². The number of nitrogens with zero attached hydrogens (tertiary/aromatic N) is 2. The van der Waals surface area contributed by atoms with E-state index in [1.807, 2.05) is 0 Å². The molecule has 2 unspecified atom stereocenters. The van der Waals surface area contributed by atoms with Gasteiger partial charge in [0.1, 0.15) is 0 Å². The van der Waals surface area contributed by atoms with Gasteiger partial charge >= 0.3 is 0 Å². The van der Waals surface area contributed by atoms with Crippen LogP contribution in [0.5, 0.6) is 0 Å². The average molecular weight is 275 g/mol. The molecule has 2 rings (SSSR count). The van der Waals surface area contributed by atoms with Crippen LogP contribution in [0.15, 0.2) is 0 Å². The van der Waals surface area contributed by atoms with E-state index < -0.39 is 10.0 Å². The normalized spacial score (nSPS) is 31.9. The molecule has 0 aromatic carbocycles. The number of piperidine rings is 1. The lowest BCUT2D eigenvalue weighted by Crippen LogP contribution is -2.44. The first-order valence-corrected chi connectivity index (χ1v) is 8.67. The van der Waals surface area contributed by atoms with Crippen molar-refractivity contribution in [3.63, 3.8) is 0 Å². The minimum Gasteiger partial charge on any atom is -0.312 e. The molecule has 2 heterocycles. The molecule has 2 fully saturated rings. The van der Waals surface area contributed by atoms with Crippen LogP contribution in [0.2, 0.25) is 0 Å². The highest BCUT2D eigenvalue weighted by Crippen LogP contribution is 2.18. The summed E-state index contributed by atoms with van der Waals surface area (Å²) in [6.45, 7) is 4.61. The molecule has 2 atom stereocenters. The van der Waals surface area contributed by atoms with Crippen LogP contribution in [0.25, 0.3) is 0 Å². The lowest BCUT2D eigenvalue weighted by molar-refractivity contribution is 0.255. The van der Waals surface area contributed by atoms with Gasteiger partial charge in [-0.25, -0.2) is 12.7 Å². The molecule has 0 aromatic heterocycles. The largest absolute Gasteiger partial charge is 0.312 e. The molecule has 0 saturated carbocycles. The fourth-order valence-corrected chi connectivity index (χ4v) is 3.87. The summed E-state index contributed by atoms with van der Waals surface area (Å²) in [5.41, 5.74) is 0. The molecule has 0 bridgehead atoms. The lowest BCUT2D eigenvalue weighted by atomic mass is 9.99. The summed E-state index contributed by atoms with van der Waals surface area (Å²) in [6.07, 6.45) is 4.65. The van der Waals surface area contributed by atoms with Crippen LogP contribution in [-0.2, 0) is 10.0 Å². The highest BCUT2D eigenvalue weighted by molar-refractivity contribution is 7.88. The average Bonchev–Trinajstić information content (AvgIpc) is 2.72. The molecule has 5 nitrogen and oxygen atoms in total. The van der Waals surface area contributed by atoms with E-state index >= 15 is 0 Å². The summed E-state index contributed by atoms with van der Waals surface area (Å²) in [5, 5.41) is 3.59. The van der Waals surface area contributed by atoms with Crippen LogP contribution in [0.1, 0.15) is 19.3 Å². The summed E-state index contributed by atoms with van der Waals surface area (Å²) in [6, 6.07) is 0.587. The van der Waals surface area contributed by atoms with Gasteiger partial charge in [0.25, 0.3) is 0 Å². The molecule has 0 spiro atoms. The van der Waals surface area contributed by atoms with Crippen molar-refractivity contribution in [3.8, 4) is 0 Å². The third-order valence-electron chi connectivity index (χ3n) is 4.04. The lowest BCUT2D eigenvalue weighted by Gasteiger charge is -2.31. The van der Waals surface area contributed by atoms with Crippen molar-refractivity contribution in [3.05, 3.63) is 0 Å². The molecular formula is C12H25N3O2S. The monoisotopic (exact) mass is 275 g/mol. The summed E-state index contributed by atoms with van der Waals surface area (Å²) in [4.78, 5) is 2.33. The Morgan fingerprint density at radius 3 is 2.61 bits per heavy atom. The van der Waals surface area contributed by atoms with Gasteiger partial charge in [-0.15, -0.1) is 0 Å². The Labute approximate surface area is 111 Å². The van der Waals surface area contributed by atoms with Crippen LogP contribution in [-0.4, -0.2) is 69.7 Å². The number of rotatable bonds is 4. The van der Waals surface area contributed by atoms with E-state index in [1.165, 1.54) is 12.7 Å². The van der Waals surface area contributed by atoms with Gasteiger partial charge in [0.2, 0.25) is 10.0 Å². The summed E-state index contributed by atoms with van der Waals surface area (Å²) in [5.74, 6) is 0.472. The van der Waals surface area contributed by atoms with Crippen molar-refractivity contribution in [2.75, 3.05) is 46.0 Å². The number of nitrogens with one attached hydrogen (secondary N) is 1. The van der Waals surface area contributed by atoms with Gasteiger partial charge in [-0.05, 0) is 45.3 Å². The fraction of sp³-hybridized carbons (Fsp3) is 1.00. The Kier molecular flexibility index (Phi) is 4.64. The zero-order valence-electron chi connectivity index (χ0n) is 11.4. The summed E-state index contributed by atoms with van der Waals surface area (Å²) >= 11 is 0. The van der Waals surface area contributed by atoms with Gasteiger partial charge in [0.15, 0.2) is 0 Å². The van der Waals surface area contributed by atoms with Crippen LogP contribution in [0.4, 0.5) is 0 Å². The van der Waals surface area contributed by atoms with E-state index in [2.05, 4.69) is 17.3 Å². The molecule has 6 heteroatoms. The number of likely N-dealkylation sites (tertiary alicyclic amines) is 1. The molecule has 2 aliphatic rings. The smallest absolute Gasteiger partial charge is 0.211 e. The Morgan fingerprint density at radius 1 is 1.22 bits per heavy atom.